The molecule has 0 aliphatic carbocycles. The standard InChI is InChI=1S/C27H30ClN3O3/c28-27(18-10-11-19-29,31-26(33)34-20-21-12-4-1-5-13-21)25(32)30-24(22-14-6-2-7-15-22)23-16-8-3-9-17-23/h1-9,12-17,24H,10-11,18-20,29H2,(H,30,32)(H,31,33)/t27-/m0/s1. The van der Waals surface area contributed by atoms with E-state index in [1.807, 2.05) is 91.0 Å². The molecule has 7 heteroatoms. The fraction of sp³-hybridized carbons (Fsp3) is 0.259. The largest absolute Gasteiger partial charge is 0.445 e. The van der Waals surface area contributed by atoms with Crippen molar-refractivity contribution in [3.05, 3.63) is 108 Å². The van der Waals surface area contributed by atoms with Crippen LogP contribution in [0.25, 0.3) is 0 Å². The molecular formula is C27H30ClN3O3. The van der Waals surface area contributed by atoms with Crippen molar-refractivity contribution in [2.75, 3.05) is 6.54 Å². The molecule has 4 N–H and O–H groups in total. The Hall–Kier alpha value is -3.35. The van der Waals surface area contributed by atoms with Gasteiger partial charge >= 0.3 is 6.09 Å². The number of unbranched alkanes of at least 4 members (excludes halogenated alkanes) is 1. The molecule has 0 spiro atoms. The van der Waals surface area contributed by atoms with Crippen LogP contribution in [0.2, 0.25) is 0 Å². The van der Waals surface area contributed by atoms with Crippen LogP contribution in [0.1, 0.15) is 42.0 Å². The summed E-state index contributed by atoms with van der Waals surface area (Å²) in [5.74, 6) is -0.513. The van der Waals surface area contributed by atoms with Crippen molar-refractivity contribution in [3.63, 3.8) is 0 Å². The lowest BCUT2D eigenvalue weighted by Gasteiger charge is -2.30. The molecule has 0 radical (unpaired) electrons. The summed E-state index contributed by atoms with van der Waals surface area (Å²) in [4.78, 5) is 24.4. The second-order valence-corrected chi connectivity index (χ2v) is 8.61. The first-order valence-electron chi connectivity index (χ1n) is 11.3. The molecule has 0 bridgehead atoms. The Balaban J connectivity index is 1.77. The number of alkyl halides is 1. The van der Waals surface area contributed by atoms with E-state index in [2.05, 4.69) is 10.6 Å². The zero-order chi connectivity index (χ0) is 24.2. The van der Waals surface area contributed by atoms with Gasteiger partial charge in [-0.3, -0.25) is 10.1 Å². The summed E-state index contributed by atoms with van der Waals surface area (Å²) in [5.41, 5.74) is 8.25. The average molecular weight is 480 g/mol. The third-order valence-corrected chi connectivity index (χ3v) is 5.84. The highest BCUT2D eigenvalue weighted by atomic mass is 35.5. The molecule has 0 saturated carbocycles. The fourth-order valence-corrected chi connectivity index (χ4v) is 3.83. The van der Waals surface area contributed by atoms with Crippen LogP contribution in [0, 0.1) is 0 Å². The number of rotatable bonds is 11. The lowest BCUT2D eigenvalue weighted by molar-refractivity contribution is -0.125. The van der Waals surface area contributed by atoms with Gasteiger partial charge in [-0.25, -0.2) is 4.79 Å². The number of hydrogen-bond donors (Lipinski definition) is 3. The minimum atomic E-state index is -1.69. The lowest BCUT2D eigenvalue weighted by atomic mass is 9.97. The van der Waals surface area contributed by atoms with E-state index >= 15 is 0 Å². The number of carbonyl (C=O) groups excluding carboxylic acids is 2. The minimum absolute atomic E-state index is 0.0702. The maximum Gasteiger partial charge on any atom is 0.409 e. The molecule has 0 heterocycles. The van der Waals surface area contributed by atoms with Crippen molar-refractivity contribution in [1.82, 2.24) is 10.6 Å². The van der Waals surface area contributed by atoms with Crippen LogP contribution in [0.3, 0.4) is 0 Å². The van der Waals surface area contributed by atoms with Crippen molar-refractivity contribution in [2.45, 2.75) is 36.9 Å². The number of hydrogen-bond acceptors (Lipinski definition) is 4. The van der Waals surface area contributed by atoms with Crippen LogP contribution in [0.4, 0.5) is 4.79 Å². The van der Waals surface area contributed by atoms with Gasteiger partial charge in [0.05, 0.1) is 6.04 Å². The zero-order valence-corrected chi connectivity index (χ0v) is 19.7. The highest BCUT2D eigenvalue weighted by Gasteiger charge is 2.39. The molecule has 0 aliphatic heterocycles. The van der Waals surface area contributed by atoms with Crippen LogP contribution >= 0.6 is 11.6 Å². The van der Waals surface area contributed by atoms with Crippen molar-refractivity contribution >= 4 is 23.6 Å². The van der Waals surface area contributed by atoms with Crippen LogP contribution in [0.15, 0.2) is 91.0 Å². The van der Waals surface area contributed by atoms with Crippen molar-refractivity contribution < 1.29 is 14.3 Å². The number of nitrogens with two attached hydrogens (primary N) is 1. The zero-order valence-electron chi connectivity index (χ0n) is 19.0. The van der Waals surface area contributed by atoms with E-state index in [-0.39, 0.29) is 13.0 Å². The Labute approximate surface area is 205 Å². The Kier molecular flexibility index (Phi) is 9.50. The van der Waals surface area contributed by atoms with Gasteiger partial charge < -0.3 is 15.8 Å². The van der Waals surface area contributed by atoms with Crippen molar-refractivity contribution in [1.29, 1.82) is 0 Å². The summed E-state index contributed by atoms with van der Waals surface area (Å²) in [5, 5.41) is 5.61. The van der Waals surface area contributed by atoms with Crippen LogP contribution in [-0.4, -0.2) is 23.5 Å². The summed E-state index contributed by atoms with van der Waals surface area (Å²) < 4.78 is 5.32. The Morgan fingerprint density at radius 1 is 0.853 bits per heavy atom. The van der Waals surface area contributed by atoms with Gasteiger partial charge in [-0.2, -0.15) is 0 Å². The van der Waals surface area contributed by atoms with E-state index in [0.29, 0.717) is 19.4 Å². The van der Waals surface area contributed by atoms with Crippen LogP contribution < -0.4 is 16.4 Å². The predicted molar refractivity (Wildman–Crippen MR) is 134 cm³/mol. The monoisotopic (exact) mass is 479 g/mol. The van der Waals surface area contributed by atoms with E-state index in [1.165, 1.54) is 0 Å². The number of amides is 2. The smallest absolute Gasteiger partial charge is 0.409 e. The SMILES string of the molecule is NCCCC[C@](Cl)(NC(=O)OCc1ccccc1)C(=O)NC(c1ccccc1)c1ccccc1. The molecule has 3 aromatic carbocycles. The van der Waals surface area contributed by atoms with Gasteiger partial charge in [0.15, 0.2) is 5.00 Å². The van der Waals surface area contributed by atoms with Crippen LogP contribution in [0.5, 0.6) is 0 Å². The molecule has 2 amide bonds. The fourth-order valence-electron chi connectivity index (χ4n) is 3.56. The minimum Gasteiger partial charge on any atom is -0.445 e. The van der Waals surface area contributed by atoms with Gasteiger partial charge in [0, 0.05) is 0 Å². The highest BCUT2D eigenvalue weighted by molar-refractivity contribution is 6.35. The molecule has 3 rings (SSSR count). The molecule has 178 valence electrons. The summed E-state index contributed by atoms with van der Waals surface area (Å²) in [6, 6.07) is 28.0. The average Bonchev–Trinajstić information content (AvgIpc) is 2.87. The summed E-state index contributed by atoms with van der Waals surface area (Å²) in [7, 11) is 0. The summed E-state index contributed by atoms with van der Waals surface area (Å²) in [6.07, 6.45) is 0.670. The van der Waals surface area contributed by atoms with Gasteiger partial charge in [0.2, 0.25) is 0 Å². The second kappa shape index (κ2) is 12.8. The van der Waals surface area contributed by atoms with E-state index in [0.717, 1.165) is 16.7 Å². The molecule has 0 aliphatic rings. The number of alkyl carbamates (subject to hydrolysis) is 1. The van der Waals surface area contributed by atoms with E-state index in [1.54, 1.807) is 0 Å². The molecule has 0 fully saturated rings. The first-order chi connectivity index (χ1) is 16.5. The summed E-state index contributed by atoms with van der Waals surface area (Å²) in [6.45, 7) is 0.532. The van der Waals surface area contributed by atoms with Gasteiger partial charge in [-0.15, -0.1) is 0 Å². The number of nitrogens with one attached hydrogen (secondary N) is 2. The van der Waals surface area contributed by atoms with Gasteiger partial charge in [-0.1, -0.05) is 103 Å². The molecule has 0 unspecified atom stereocenters. The number of carbonyl (C=O) groups is 2. The number of ether oxygens (including phenoxy) is 1. The quantitative estimate of drug-likeness (QED) is 0.207. The molecule has 6 nitrogen and oxygen atoms in total. The Morgan fingerprint density at radius 2 is 1.38 bits per heavy atom. The topological polar surface area (TPSA) is 93.4 Å². The highest BCUT2D eigenvalue weighted by Crippen LogP contribution is 2.26. The molecule has 0 aromatic heterocycles. The Morgan fingerprint density at radius 3 is 1.91 bits per heavy atom. The molecular weight excluding hydrogens is 450 g/mol. The lowest BCUT2D eigenvalue weighted by Crippen LogP contribution is -2.55. The van der Waals surface area contributed by atoms with E-state index < -0.39 is 23.0 Å². The van der Waals surface area contributed by atoms with E-state index in [9.17, 15) is 9.59 Å². The van der Waals surface area contributed by atoms with Gasteiger partial charge in [0.25, 0.3) is 5.91 Å². The number of halogens is 1. The van der Waals surface area contributed by atoms with Crippen molar-refractivity contribution in [3.8, 4) is 0 Å². The van der Waals surface area contributed by atoms with Crippen LogP contribution in [-0.2, 0) is 16.1 Å². The third-order valence-electron chi connectivity index (χ3n) is 5.39. The maximum atomic E-state index is 13.5. The van der Waals surface area contributed by atoms with Gasteiger partial charge in [-0.05, 0) is 42.5 Å². The first kappa shape index (κ1) is 25.3. The molecule has 1 atom stereocenters. The maximum absolute atomic E-state index is 13.5. The van der Waals surface area contributed by atoms with Crippen molar-refractivity contribution in [2.24, 2.45) is 5.73 Å². The molecule has 34 heavy (non-hydrogen) atoms. The molecule has 0 saturated heterocycles. The normalized spacial score (nSPS) is 12.6. The Bertz CT molecular complexity index is 995. The van der Waals surface area contributed by atoms with E-state index in [4.69, 9.17) is 22.1 Å². The van der Waals surface area contributed by atoms with Gasteiger partial charge in [0.1, 0.15) is 6.61 Å². The first-order valence-corrected chi connectivity index (χ1v) is 11.7. The summed E-state index contributed by atoms with van der Waals surface area (Å²) >= 11 is 6.76. The number of benzene rings is 3. The predicted octanol–water partition coefficient (Wildman–Crippen LogP) is 4.88. The third kappa shape index (κ3) is 7.33. The molecule has 3 aromatic rings. The second-order valence-electron chi connectivity index (χ2n) is 7.96.